The molecule has 0 unspecified atom stereocenters. The molecule has 3 rings (SSSR count). The molecule has 32 heavy (non-hydrogen) atoms. The highest BCUT2D eigenvalue weighted by Crippen LogP contribution is 2.20. The van der Waals surface area contributed by atoms with Gasteiger partial charge in [-0.2, -0.15) is 0 Å². The first-order valence-corrected chi connectivity index (χ1v) is 11.2. The lowest BCUT2D eigenvalue weighted by Crippen LogP contribution is -2.20. The molecule has 2 amide bonds. The van der Waals surface area contributed by atoms with Gasteiger partial charge in [-0.1, -0.05) is 18.2 Å². The van der Waals surface area contributed by atoms with Crippen LogP contribution in [0.5, 0.6) is 5.75 Å². The van der Waals surface area contributed by atoms with Crippen LogP contribution < -0.4 is 20.1 Å². The molecule has 0 saturated heterocycles. The standard InChI is InChI=1S/C23H23N3O5S/c1-16-5-3-8-20(13-16)26-32(29,30)22-11-9-21(10-12-22)31-15-23(28)25-19-7-4-6-18(14-19)24-17(2)27/h3-14,26H,15H2,1-2H3,(H,24,27)(H,25,28). The molecule has 8 nitrogen and oxygen atoms in total. The third kappa shape index (κ3) is 6.58. The molecule has 0 radical (unpaired) electrons. The topological polar surface area (TPSA) is 114 Å². The lowest BCUT2D eigenvalue weighted by atomic mass is 10.2. The van der Waals surface area contributed by atoms with Crippen LogP contribution in [0.1, 0.15) is 12.5 Å². The van der Waals surface area contributed by atoms with Gasteiger partial charge in [0.2, 0.25) is 5.91 Å². The summed E-state index contributed by atoms with van der Waals surface area (Å²) in [4.78, 5) is 23.4. The highest BCUT2D eigenvalue weighted by Gasteiger charge is 2.14. The molecule has 9 heteroatoms. The van der Waals surface area contributed by atoms with E-state index in [-0.39, 0.29) is 17.4 Å². The van der Waals surface area contributed by atoms with Crippen LogP contribution in [0.25, 0.3) is 0 Å². The predicted molar refractivity (Wildman–Crippen MR) is 123 cm³/mol. The number of hydrogen-bond donors (Lipinski definition) is 3. The maximum Gasteiger partial charge on any atom is 0.262 e. The third-order valence-electron chi connectivity index (χ3n) is 4.24. The number of ether oxygens (including phenoxy) is 1. The number of amides is 2. The van der Waals surface area contributed by atoms with Gasteiger partial charge >= 0.3 is 0 Å². The normalized spacial score (nSPS) is 10.8. The van der Waals surface area contributed by atoms with Crippen molar-refractivity contribution in [2.45, 2.75) is 18.7 Å². The van der Waals surface area contributed by atoms with Gasteiger partial charge < -0.3 is 15.4 Å². The molecule has 3 N–H and O–H groups in total. The molecule has 0 atom stereocenters. The molecular weight excluding hydrogens is 430 g/mol. The van der Waals surface area contributed by atoms with Gasteiger partial charge in [-0.05, 0) is 67.1 Å². The summed E-state index contributed by atoms with van der Waals surface area (Å²) in [5, 5.41) is 5.31. The first-order chi connectivity index (χ1) is 15.2. The van der Waals surface area contributed by atoms with Crippen LogP contribution in [-0.2, 0) is 19.6 Å². The van der Waals surface area contributed by atoms with Crippen molar-refractivity contribution >= 4 is 38.9 Å². The van der Waals surface area contributed by atoms with Crippen LogP contribution in [0, 0.1) is 6.92 Å². The van der Waals surface area contributed by atoms with E-state index in [1.165, 1.54) is 31.2 Å². The molecule has 0 aliphatic rings. The van der Waals surface area contributed by atoms with Gasteiger partial charge in [0.25, 0.3) is 15.9 Å². The molecule has 3 aromatic rings. The summed E-state index contributed by atoms with van der Waals surface area (Å²) in [5.41, 5.74) is 2.49. The van der Waals surface area contributed by atoms with Crippen molar-refractivity contribution in [1.82, 2.24) is 0 Å². The molecule has 0 aliphatic heterocycles. The Morgan fingerprint density at radius 1 is 0.844 bits per heavy atom. The third-order valence-corrected chi connectivity index (χ3v) is 5.64. The fraction of sp³-hybridized carbons (Fsp3) is 0.130. The monoisotopic (exact) mass is 453 g/mol. The zero-order chi connectivity index (χ0) is 23.1. The van der Waals surface area contributed by atoms with Gasteiger partial charge in [-0.3, -0.25) is 14.3 Å². The van der Waals surface area contributed by atoms with Gasteiger partial charge in [-0.25, -0.2) is 8.42 Å². The quantitative estimate of drug-likeness (QED) is 0.480. The van der Waals surface area contributed by atoms with E-state index in [0.29, 0.717) is 22.8 Å². The van der Waals surface area contributed by atoms with Gasteiger partial charge in [0, 0.05) is 24.0 Å². The van der Waals surface area contributed by atoms with E-state index in [0.717, 1.165) is 5.56 Å². The summed E-state index contributed by atoms with van der Waals surface area (Å²) < 4.78 is 33.1. The minimum absolute atomic E-state index is 0.0746. The molecule has 0 aliphatic carbocycles. The highest BCUT2D eigenvalue weighted by molar-refractivity contribution is 7.92. The summed E-state index contributed by atoms with van der Waals surface area (Å²) in [7, 11) is -3.75. The fourth-order valence-electron chi connectivity index (χ4n) is 2.86. The number of anilines is 3. The number of hydrogen-bond acceptors (Lipinski definition) is 5. The van der Waals surface area contributed by atoms with Gasteiger partial charge in [-0.15, -0.1) is 0 Å². The predicted octanol–water partition coefficient (Wildman–Crippen LogP) is 3.77. The SMILES string of the molecule is CC(=O)Nc1cccc(NC(=O)COc2ccc(S(=O)(=O)Nc3cccc(C)c3)cc2)c1. The summed E-state index contributed by atoms with van der Waals surface area (Å²) in [5.74, 6) is -0.263. The first-order valence-electron chi connectivity index (χ1n) is 9.71. The van der Waals surface area contributed by atoms with E-state index in [9.17, 15) is 18.0 Å². The van der Waals surface area contributed by atoms with E-state index >= 15 is 0 Å². The van der Waals surface area contributed by atoms with E-state index in [2.05, 4.69) is 15.4 Å². The Labute approximate surface area is 186 Å². The molecule has 0 bridgehead atoms. The van der Waals surface area contributed by atoms with E-state index in [4.69, 9.17) is 4.74 Å². The summed E-state index contributed by atoms with van der Waals surface area (Å²) in [6, 6.07) is 19.5. The first kappa shape index (κ1) is 22.8. The molecule has 0 heterocycles. The second-order valence-corrected chi connectivity index (χ2v) is 8.73. The average Bonchev–Trinajstić information content (AvgIpc) is 2.72. The summed E-state index contributed by atoms with van der Waals surface area (Å²) in [6.07, 6.45) is 0. The Kier molecular flexibility index (Phi) is 7.11. The van der Waals surface area contributed by atoms with Gasteiger partial charge in [0.05, 0.1) is 4.90 Å². The van der Waals surface area contributed by atoms with Crippen molar-refractivity contribution in [3.05, 3.63) is 78.4 Å². The molecule has 0 saturated carbocycles. The van der Waals surface area contributed by atoms with Crippen molar-refractivity contribution in [2.24, 2.45) is 0 Å². The summed E-state index contributed by atoms with van der Waals surface area (Å²) in [6.45, 7) is 3.01. The lowest BCUT2D eigenvalue weighted by molar-refractivity contribution is -0.118. The second-order valence-electron chi connectivity index (χ2n) is 7.05. The number of aryl methyl sites for hydroxylation is 1. The van der Waals surface area contributed by atoms with E-state index in [1.807, 2.05) is 13.0 Å². The Morgan fingerprint density at radius 3 is 2.12 bits per heavy atom. The van der Waals surface area contributed by atoms with Crippen LogP contribution >= 0.6 is 0 Å². The number of rotatable bonds is 8. The number of carbonyl (C=O) groups is 2. The maximum absolute atomic E-state index is 12.5. The highest BCUT2D eigenvalue weighted by atomic mass is 32.2. The van der Waals surface area contributed by atoms with E-state index in [1.54, 1.807) is 42.5 Å². The van der Waals surface area contributed by atoms with Crippen molar-refractivity contribution < 1.29 is 22.7 Å². The number of sulfonamides is 1. The van der Waals surface area contributed by atoms with Crippen LogP contribution in [-0.4, -0.2) is 26.8 Å². The van der Waals surface area contributed by atoms with Gasteiger partial charge in [0.15, 0.2) is 6.61 Å². The van der Waals surface area contributed by atoms with Crippen LogP contribution in [0.4, 0.5) is 17.1 Å². The zero-order valence-electron chi connectivity index (χ0n) is 17.6. The van der Waals surface area contributed by atoms with Crippen molar-refractivity contribution in [3.63, 3.8) is 0 Å². The van der Waals surface area contributed by atoms with Crippen LogP contribution in [0.3, 0.4) is 0 Å². The Hall–Kier alpha value is -3.85. The molecule has 0 fully saturated rings. The molecule has 166 valence electrons. The van der Waals surface area contributed by atoms with Gasteiger partial charge in [0.1, 0.15) is 5.75 Å². The molecule has 3 aromatic carbocycles. The van der Waals surface area contributed by atoms with Crippen molar-refractivity contribution in [1.29, 1.82) is 0 Å². The van der Waals surface area contributed by atoms with E-state index < -0.39 is 15.9 Å². The molecule has 0 spiro atoms. The largest absolute Gasteiger partial charge is 0.484 e. The summed E-state index contributed by atoms with van der Waals surface area (Å²) >= 11 is 0. The molecule has 0 aromatic heterocycles. The minimum atomic E-state index is -3.75. The maximum atomic E-state index is 12.5. The number of nitrogens with one attached hydrogen (secondary N) is 3. The second kappa shape index (κ2) is 9.97. The Balaban J connectivity index is 1.56. The molecular formula is C23H23N3O5S. The Morgan fingerprint density at radius 2 is 1.47 bits per heavy atom. The smallest absolute Gasteiger partial charge is 0.262 e. The zero-order valence-corrected chi connectivity index (χ0v) is 18.4. The number of carbonyl (C=O) groups excluding carboxylic acids is 2. The average molecular weight is 454 g/mol. The van der Waals surface area contributed by atoms with Crippen LogP contribution in [0.15, 0.2) is 77.7 Å². The Bertz CT molecular complexity index is 1220. The van der Waals surface area contributed by atoms with Crippen molar-refractivity contribution in [2.75, 3.05) is 22.0 Å². The van der Waals surface area contributed by atoms with Crippen LogP contribution in [0.2, 0.25) is 0 Å². The fourth-order valence-corrected chi connectivity index (χ4v) is 3.91. The van der Waals surface area contributed by atoms with Crippen molar-refractivity contribution in [3.8, 4) is 5.75 Å². The minimum Gasteiger partial charge on any atom is -0.484 e. The lowest BCUT2D eigenvalue weighted by Gasteiger charge is -2.11. The number of benzene rings is 3.